The van der Waals surface area contributed by atoms with Gasteiger partial charge in [0.1, 0.15) is 11.6 Å². The molecule has 0 aliphatic carbocycles. The van der Waals surface area contributed by atoms with E-state index in [-0.39, 0.29) is 37.6 Å². The van der Waals surface area contributed by atoms with Crippen LogP contribution in [-0.2, 0) is 23.9 Å². The van der Waals surface area contributed by atoms with E-state index in [0.29, 0.717) is 25.8 Å². The monoisotopic (exact) mass is 436 g/mol. The number of carbonyl (C=O) groups excluding carboxylic acids is 3. The molecule has 3 aliphatic heterocycles. The lowest BCUT2D eigenvalue weighted by Gasteiger charge is -2.38. The molecule has 8 heteroatoms. The average molecular weight is 437 g/mol. The molecule has 6 atom stereocenters. The Kier molecular flexibility index (Phi) is 7.42. The maximum atomic E-state index is 13.9. The number of likely N-dealkylation sites (tertiary alicyclic amines) is 1. The van der Waals surface area contributed by atoms with Crippen LogP contribution in [0, 0.1) is 11.8 Å². The van der Waals surface area contributed by atoms with Crippen LogP contribution in [0.25, 0.3) is 0 Å². The fraction of sp³-hybridized carbons (Fsp3) is 0.783. The Morgan fingerprint density at radius 1 is 1.45 bits per heavy atom. The first kappa shape index (κ1) is 23.7. The molecule has 0 aromatic carbocycles. The second-order valence-electron chi connectivity index (χ2n) is 8.83. The lowest BCUT2D eigenvalue weighted by molar-refractivity contribution is -0.155. The van der Waals surface area contributed by atoms with Crippen LogP contribution in [0.5, 0.6) is 0 Å². The van der Waals surface area contributed by atoms with Crippen LogP contribution in [0.4, 0.5) is 0 Å². The van der Waals surface area contributed by atoms with Crippen LogP contribution in [0.1, 0.15) is 52.9 Å². The Morgan fingerprint density at radius 2 is 2.19 bits per heavy atom. The molecule has 31 heavy (non-hydrogen) atoms. The normalized spacial score (nSPS) is 32.1. The van der Waals surface area contributed by atoms with Crippen molar-refractivity contribution in [2.24, 2.45) is 11.8 Å². The first-order valence-corrected chi connectivity index (χ1v) is 11.5. The van der Waals surface area contributed by atoms with Crippen molar-refractivity contribution in [1.29, 1.82) is 0 Å². The lowest BCUT2D eigenvalue weighted by atomic mass is 9.70. The minimum Gasteiger partial charge on any atom is -0.466 e. The number of nitrogens with zero attached hydrogens (tertiary/aromatic N) is 2. The standard InChI is InChI=1S/C23H36N2O6/c1-5-9-15(4)24(12-6-2)21(28)19-23-11-10-16(31-23)17(22(29)30-7-3)18(23)20(27)25(19)13-8-14-26/h6,15-19,26H,2,5,7-14H2,1,3-4H3/t15?,16-,17+,18-,19?,23?/m0/s1. The summed E-state index contributed by atoms with van der Waals surface area (Å²) >= 11 is 0. The van der Waals surface area contributed by atoms with Crippen molar-refractivity contribution in [2.45, 2.75) is 76.7 Å². The van der Waals surface area contributed by atoms with Crippen molar-refractivity contribution in [3.8, 4) is 0 Å². The predicted molar refractivity (Wildman–Crippen MR) is 114 cm³/mol. The van der Waals surface area contributed by atoms with Gasteiger partial charge in [0.25, 0.3) is 0 Å². The van der Waals surface area contributed by atoms with Crippen molar-refractivity contribution in [1.82, 2.24) is 9.80 Å². The molecule has 2 amide bonds. The predicted octanol–water partition coefficient (Wildman–Crippen LogP) is 1.51. The van der Waals surface area contributed by atoms with E-state index in [4.69, 9.17) is 9.47 Å². The van der Waals surface area contributed by atoms with Crippen LogP contribution < -0.4 is 0 Å². The summed E-state index contributed by atoms with van der Waals surface area (Å²) in [5.41, 5.74) is -1.02. The first-order chi connectivity index (χ1) is 14.9. The molecular weight excluding hydrogens is 400 g/mol. The highest BCUT2D eigenvalue weighted by Gasteiger charge is 2.75. The Bertz CT molecular complexity index is 712. The smallest absolute Gasteiger partial charge is 0.312 e. The summed E-state index contributed by atoms with van der Waals surface area (Å²) < 4.78 is 11.6. The maximum Gasteiger partial charge on any atom is 0.312 e. The highest BCUT2D eigenvalue weighted by molar-refractivity contribution is 5.98. The highest BCUT2D eigenvalue weighted by atomic mass is 16.6. The highest BCUT2D eigenvalue weighted by Crippen LogP contribution is 2.58. The van der Waals surface area contributed by atoms with Gasteiger partial charge in [0.2, 0.25) is 11.8 Å². The number of rotatable bonds is 11. The Morgan fingerprint density at radius 3 is 2.81 bits per heavy atom. The molecule has 3 unspecified atom stereocenters. The molecule has 3 rings (SSSR count). The third-order valence-corrected chi connectivity index (χ3v) is 7.00. The number of amides is 2. The quantitative estimate of drug-likeness (QED) is 0.390. The maximum absolute atomic E-state index is 13.9. The molecule has 3 aliphatic rings. The van der Waals surface area contributed by atoms with Crippen LogP contribution in [0.2, 0.25) is 0 Å². The molecule has 3 fully saturated rings. The van der Waals surface area contributed by atoms with E-state index in [1.807, 2.05) is 6.92 Å². The number of aliphatic hydroxyl groups excluding tert-OH is 1. The van der Waals surface area contributed by atoms with Crippen molar-refractivity contribution in [2.75, 3.05) is 26.3 Å². The van der Waals surface area contributed by atoms with Crippen LogP contribution in [-0.4, -0.2) is 82.8 Å². The van der Waals surface area contributed by atoms with Gasteiger partial charge in [-0.05, 0) is 39.5 Å². The number of esters is 1. The topological polar surface area (TPSA) is 96.4 Å². The zero-order valence-corrected chi connectivity index (χ0v) is 18.9. The van der Waals surface area contributed by atoms with Gasteiger partial charge in [0.15, 0.2) is 0 Å². The lowest BCUT2D eigenvalue weighted by Crippen LogP contribution is -2.58. The second-order valence-corrected chi connectivity index (χ2v) is 8.83. The van der Waals surface area contributed by atoms with E-state index in [9.17, 15) is 19.5 Å². The Balaban J connectivity index is 2.00. The Hall–Kier alpha value is -1.93. The number of ether oxygens (including phenoxy) is 2. The van der Waals surface area contributed by atoms with E-state index in [1.165, 1.54) is 0 Å². The zero-order chi connectivity index (χ0) is 22.8. The van der Waals surface area contributed by atoms with Gasteiger partial charge >= 0.3 is 5.97 Å². The summed E-state index contributed by atoms with van der Waals surface area (Å²) in [7, 11) is 0. The molecule has 0 aromatic rings. The van der Waals surface area contributed by atoms with Gasteiger partial charge < -0.3 is 24.4 Å². The number of hydrogen-bond donors (Lipinski definition) is 1. The van der Waals surface area contributed by atoms with Crippen molar-refractivity contribution in [3.05, 3.63) is 12.7 Å². The molecule has 0 radical (unpaired) electrons. The van der Waals surface area contributed by atoms with E-state index in [0.717, 1.165) is 12.8 Å². The molecule has 0 saturated carbocycles. The van der Waals surface area contributed by atoms with Gasteiger partial charge in [-0.25, -0.2) is 0 Å². The van der Waals surface area contributed by atoms with Crippen molar-refractivity contribution in [3.63, 3.8) is 0 Å². The van der Waals surface area contributed by atoms with Crippen LogP contribution in [0.15, 0.2) is 12.7 Å². The molecule has 3 saturated heterocycles. The van der Waals surface area contributed by atoms with Gasteiger partial charge in [-0.15, -0.1) is 6.58 Å². The van der Waals surface area contributed by atoms with Gasteiger partial charge in [-0.3, -0.25) is 14.4 Å². The average Bonchev–Trinajstić information content (AvgIpc) is 3.37. The minimum atomic E-state index is -1.02. The molecule has 0 aromatic heterocycles. The van der Waals surface area contributed by atoms with E-state index in [1.54, 1.807) is 22.8 Å². The Labute approximate surface area is 184 Å². The summed E-state index contributed by atoms with van der Waals surface area (Å²) in [5, 5.41) is 9.38. The van der Waals surface area contributed by atoms with E-state index >= 15 is 0 Å². The van der Waals surface area contributed by atoms with E-state index < -0.39 is 35.6 Å². The molecule has 8 nitrogen and oxygen atoms in total. The summed E-state index contributed by atoms with van der Waals surface area (Å²) in [4.78, 5) is 43.5. The third kappa shape index (κ3) is 3.89. The molecular formula is C23H36N2O6. The van der Waals surface area contributed by atoms with Gasteiger partial charge in [-0.2, -0.15) is 0 Å². The first-order valence-electron chi connectivity index (χ1n) is 11.5. The van der Waals surface area contributed by atoms with Crippen LogP contribution >= 0.6 is 0 Å². The van der Waals surface area contributed by atoms with Gasteiger partial charge in [0, 0.05) is 25.7 Å². The largest absolute Gasteiger partial charge is 0.466 e. The number of carbonyl (C=O) groups is 3. The summed E-state index contributed by atoms with van der Waals surface area (Å²) in [5.74, 6) is -2.24. The molecule has 3 heterocycles. The second kappa shape index (κ2) is 9.69. The molecule has 1 N–H and O–H groups in total. The zero-order valence-electron chi connectivity index (χ0n) is 18.9. The summed E-state index contributed by atoms with van der Waals surface area (Å²) in [6.45, 7) is 10.4. The molecule has 2 bridgehead atoms. The number of aliphatic hydroxyl groups is 1. The van der Waals surface area contributed by atoms with Crippen molar-refractivity contribution >= 4 is 17.8 Å². The fourth-order valence-corrected chi connectivity index (χ4v) is 5.78. The minimum absolute atomic E-state index is 0.0137. The third-order valence-electron chi connectivity index (χ3n) is 7.00. The SMILES string of the molecule is C=CCN(C(=O)C1N(CCCO)C(=O)[C@@H]2[C@H](C(=O)OCC)[C@@H]3CCC12O3)C(C)CCC. The van der Waals surface area contributed by atoms with Crippen LogP contribution in [0.3, 0.4) is 0 Å². The van der Waals surface area contributed by atoms with Gasteiger partial charge in [-0.1, -0.05) is 19.4 Å². The fourth-order valence-electron chi connectivity index (χ4n) is 5.78. The van der Waals surface area contributed by atoms with E-state index in [2.05, 4.69) is 13.5 Å². The molecule has 1 spiro atoms. The summed E-state index contributed by atoms with van der Waals surface area (Å²) in [6.07, 6.45) is 4.60. The van der Waals surface area contributed by atoms with Gasteiger partial charge in [0.05, 0.1) is 24.5 Å². The number of hydrogen-bond acceptors (Lipinski definition) is 6. The number of fused-ring (bicyclic) bond motifs is 1. The molecule has 174 valence electrons. The summed E-state index contributed by atoms with van der Waals surface area (Å²) in [6, 6.07) is -0.819. The van der Waals surface area contributed by atoms with Crippen molar-refractivity contribution < 1.29 is 29.0 Å².